The average Bonchev–Trinajstić information content (AvgIpc) is 3.83. The summed E-state index contributed by atoms with van der Waals surface area (Å²) in [4.78, 5) is 39.3. The van der Waals surface area contributed by atoms with Gasteiger partial charge in [0.1, 0.15) is 0 Å². The zero-order valence-corrected chi connectivity index (χ0v) is 40.4. The molecule has 9 rings (SSSR count). The minimum atomic E-state index is -5.67. The topological polar surface area (TPSA) is 277 Å². The molecule has 3 aromatic heterocycles. The molecule has 8 bridgehead atoms. The van der Waals surface area contributed by atoms with Gasteiger partial charge in [0.2, 0.25) is 0 Å². The maximum atomic E-state index is 9.20. The van der Waals surface area contributed by atoms with Crippen molar-refractivity contribution in [2.75, 3.05) is 6.26 Å². The molecule has 2 aliphatic rings. The second-order valence-electron chi connectivity index (χ2n) is 11.2. The van der Waals surface area contributed by atoms with Crippen LogP contribution in [-0.2, 0) is 45.5 Å². The van der Waals surface area contributed by atoms with Crippen LogP contribution in [0.25, 0.3) is 89.7 Å². The van der Waals surface area contributed by atoms with Crippen molar-refractivity contribution in [1.29, 1.82) is 0 Å². The van der Waals surface area contributed by atoms with Crippen molar-refractivity contribution < 1.29 is 145 Å². The molecule has 0 atom stereocenters. The summed E-state index contributed by atoms with van der Waals surface area (Å²) in [5, 5.41) is 3.57. The van der Waals surface area contributed by atoms with E-state index in [9.17, 15) is 25.9 Å². The Morgan fingerprint density at radius 1 is 0.414 bits per heavy atom. The first kappa shape index (κ1) is 51.6. The van der Waals surface area contributed by atoms with E-state index >= 15 is 0 Å². The Kier molecular flexibility index (Phi) is 18.1. The van der Waals surface area contributed by atoms with E-state index in [2.05, 4.69) is 0 Å². The molecule has 0 aliphatic carbocycles. The molecule has 0 spiro atoms. The molecule has 0 N–H and O–H groups in total. The molecule has 7 aromatic rings. The van der Waals surface area contributed by atoms with Gasteiger partial charge in [-0.25, -0.2) is 35.2 Å². The fourth-order valence-corrected chi connectivity index (χ4v) is 5.46. The number of aromatic nitrogens is 8. The van der Waals surface area contributed by atoms with Crippen LogP contribution in [0.5, 0.6) is 0 Å². The molecular weight excluding hydrogens is 893 g/mol. The summed E-state index contributed by atoms with van der Waals surface area (Å²) in [7, 11) is -15.3. The van der Waals surface area contributed by atoms with Gasteiger partial charge in [-0.2, -0.15) is 0 Å². The third-order valence-electron chi connectivity index (χ3n) is 7.58. The van der Waals surface area contributed by atoms with Crippen molar-refractivity contribution >= 4 is 72.6 Å². The molecule has 5 heterocycles. The van der Waals surface area contributed by atoms with Crippen LogP contribution in [0.4, 0.5) is 0 Å². The van der Waals surface area contributed by atoms with E-state index in [0.29, 0.717) is 52.1 Å². The van der Waals surface area contributed by atoms with Crippen LogP contribution in [0.15, 0.2) is 97.1 Å². The van der Waals surface area contributed by atoms with Gasteiger partial charge < -0.3 is 51.0 Å². The molecule has 24 heteroatoms. The van der Waals surface area contributed by atoms with Crippen LogP contribution < -0.4 is 98.6 Å². The van der Waals surface area contributed by atoms with Crippen molar-refractivity contribution in [3.05, 3.63) is 104 Å². The Morgan fingerprint density at radius 3 is 0.793 bits per heavy atom. The zero-order valence-electron chi connectivity index (χ0n) is 31.0. The average molecular weight is 915 g/mol. The van der Waals surface area contributed by atoms with Gasteiger partial charge in [0.05, 0.1) is 33.4 Å². The van der Waals surface area contributed by atoms with Crippen molar-refractivity contribution in [2.24, 2.45) is 0 Å². The molecule has 0 saturated carbocycles. The fourth-order valence-electron chi connectivity index (χ4n) is 5.46. The third-order valence-corrected chi connectivity index (χ3v) is 9.58. The molecule has 0 fully saturated rings. The SMILES string of the molecule is CS(=O)(=O)[O-].O=S(=O)([O-])S(=O)(=O)[O-].[CH3-].[Cu+2].[Na+].[Na+].[Na+].c1ccc2c(c1)-c1nc-2nc2[n-]c(nc3nc(nc4[n-]c(n1)c1ccccc41)-c1ccccc1-3)c1ccccc21. The van der Waals surface area contributed by atoms with Gasteiger partial charge in [-0.1, -0.05) is 97.1 Å². The van der Waals surface area contributed by atoms with Crippen LogP contribution in [0.2, 0.25) is 0 Å². The molecule has 285 valence electrons. The van der Waals surface area contributed by atoms with E-state index in [1.807, 2.05) is 97.1 Å². The Balaban J connectivity index is 0.000000567. The molecular formula is C34H22CuN8Na3O9S3-. The van der Waals surface area contributed by atoms with E-state index in [4.69, 9.17) is 52.8 Å². The molecule has 0 unspecified atom stereocenters. The van der Waals surface area contributed by atoms with Gasteiger partial charge in [0, 0.05) is 51.1 Å². The summed E-state index contributed by atoms with van der Waals surface area (Å²) in [5.74, 6) is 2.21. The minimum absolute atomic E-state index is 0. The van der Waals surface area contributed by atoms with Gasteiger partial charge in [0.15, 0.2) is 18.3 Å². The van der Waals surface area contributed by atoms with E-state index in [1.54, 1.807) is 0 Å². The standard InChI is InChI=1S/C32H16N8.CH4O3S.CH3.Cu.3Na.H2O6S2/c1-2-10-18-17(9-1)25-33-26(18)38-28-21-13-5-6-14-22(21)30(35-28)40-32-24-16-8-7-15-23(24)31(36-32)39-29-20-12-4-3-11-19(20)27(34-29)37-25;1-5(2,3)4;;;;;;1-7(2,3)8(4,5)6/h1-16H;1H3,(H,2,3,4);1H3;;;;;(H,1,2,3)(H,4,5,6)/q-2;;-1;+2;3*+1;/p-3. The van der Waals surface area contributed by atoms with Crippen LogP contribution in [0.3, 0.4) is 0 Å². The van der Waals surface area contributed by atoms with Crippen molar-refractivity contribution in [1.82, 2.24) is 39.9 Å². The van der Waals surface area contributed by atoms with Gasteiger partial charge in [0.25, 0.3) is 0 Å². The van der Waals surface area contributed by atoms with Gasteiger partial charge in [-0.3, -0.25) is 0 Å². The first-order valence-electron chi connectivity index (χ1n) is 15.0. The summed E-state index contributed by atoms with van der Waals surface area (Å²) in [5.41, 5.74) is 5.78. The molecule has 58 heavy (non-hydrogen) atoms. The molecule has 0 amide bonds. The molecule has 1 radical (unpaired) electrons. The van der Waals surface area contributed by atoms with Gasteiger partial charge >= 0.3 is 106 Å². The molecule has 2 aliphatic heterocycles. The largest absolute Gasteiger partial charge is 2.00 e. The van der Waals surface area contributed by atoms with E-state index in [0.717, 1.165) is 43.8 Å². The summed E-state index contributed by atoms with van der Waals surface area (Å²) >= 11 is 0. The maximum absolute atomic E-state index is 9.20. The summed E-state index contributed by atoms with van der Waals surface area (Å²) in [6.07, 6.45) is 0.604. The fraction of sp³-hybridized carbons (Fsp3) is 0.0294. The minimum Gasteiger partial charge on any atom is -0.748 e. The summed E-state index contributed by atoms with van der Waals surface area (Å²) in [6, 6.07) is 31.8. The Bertz CT molecular complexity index is 2800. The van der Waals surface area contributed by atoms with Crippen LogP contribution in [0, 0.1) is 7.43 Å². The first-order valence-corrected chi connectivity index (χ1v) is 20.1. The van der Waals surface area contributed by atoms with Crippen molar-refractivity contribution in [3.63, 3.8) is 0 Å². The molecule has 0 saturated heterocycles. The van der Waals surface area contributed by atoms with Gasteiger partial charge in [-0.05, 0) is 21.5 Å². The van der Waals surface area contributed by atoms with Crippen LogP contribution in [0.1, 0.15) is 0 Å². The van der Waals surface area contributed by atoms with Crippen LogP contribution in [-0.4, -0.2) is 75.1 Å². The van der Waals surface area contributed by atoms with E-state index in [-0.39, 0.29) is 113 Å². The Morgan fingerprint density at radius 2 is 0.603 bits per heavy atom. The summed E-state index contributed by atoms with van der Waals surface area (Å²) < 4.78 is 82.4. The normalized spacial score (nSPS) is 11.2. The van der Waals surface area contributed by atoms with Gasteiger partial charge in [-0.15, -0.1) is 0 Å². The predicted octanol–water partition coefficient (Wildman–Crippen LogP) is -5.26. The number of benzene rings is 4. The number of nitrogens with zero attached hydrogens (tertiary/aromatic N) is 8. The number of hydrogen-bond donors (Lipinski definition) is 0. The first-order chi connectivity index (χ1) is 25.0. The third kappa shape index (κ3) is 11.2. The maximum Gasteiger partial charge on any atom is 2.00 e. The van der Waals surface area contributed by atoms with E-state index in [1.165, 1.54) is 0 Å². The second-order valence-corrected chi connectivity index (χ2v) is 16.7. The van der Waals surface area contributed by atoms with Crippen molar-refractivity contribution in [2.45, 2.75) is 0 Å². The molecule has 17 nitrogen and oxygen atoms in total. The summed E-state index contributed by atoms with van der Waals surface area (Å²) in [6.45, 7) is 0. The molecule has 4 aromatic carbocycles. The quantitative estimate of drug-likeness (QED) is 0.0644. The predicted molar refractivity (Wildman–Crippen MR) is 195 cm³/mol. The number of hydrogen-bond acceptors (Lipinski definition) is 15. The zero-order chi connectivity index (χ0) is 37.7. The Labute approximate surface area is 408 Å². The van der Waals surface area contributed by atoms with E-state index < -0.39 is 28.4 Å². The monoisotopic (exact) mass is 914 g/mol. The second kappa shape index (κ2) is 20.4. The number of fused-ring (bicyclic) bond motifs is 20. The van der Waals surface area contributed by atoms with Crippen molar-refractivity contribution in [3.8, 4) is 45.6 Å². The Hall–Kier alpha value is -2.51. The number of rotatable bonds is 1. The smallest absolute Gasteiger partial charge is 0.748 e. The van der Waals surface area contributed by atoms with Crippen LogP contribution >= 0.6 is 0 Å².